The summed E-state index contributed by atoms with van der Waals surface area (Å²) in [4.78, 5) is 81.0. The highest BCUT2D eigenvalue weighted by atomic mass is 16.5. The number of aromatic hydroxyl groups is 4. The van der Waals surface area contributed by atoms with Crippen molar-refractivity contribution in [3.8, 4) is 114 Å². The number of rotatable bonds is 8. The van der Waals surface area contributed by atoms with Gasteiger partial charge in [-0.2, -0.15) is 0 Å². The fourth-order valence-corrected chi connectivity index (χ4v) is 21.8. The Bertz CT molecular complexity index is 8570. The largest absolute Gasteiger partial charge is 0.506 e. The average Bonchev–Trinajstić information content (AvgIpc) is 0.675. The molecule has 0 bridgehead atoms. The van der Waals surface area contributed by atoms with E-state index in [9.17, 15) is 25.2 Å². The second-order valence-corrected chi connectivity index (χ2v) is 36.3. The first kappa shape index (κ1) is 77.6. The van der Waals surface area contributed by atoms with Gasteiger partial charge in [0.15, 0.2) is 23.1 Å². The molecule has 132 heavy (non-hydrogen) atoms. The van der Waals surface area contributed by atoms with Gasteiger partial charge in [0, 0.05) is 131 Å². The molecule has 18 aromatic carbocycles. The molecule has 0 spiro atoms. The van der Waals surface area contributed by atoms with Crippen LogP contribution in [0.3, 0.4) is 0 Å². The van der Waals surface area contributed by atoms with Crippen LogP contribution in [-0.2, 0) is 0 Å². The van der Waals surface area contributed by atoms with Crippen LogP contribution in [0, 0.1) is 83.1 Å². The lowest BCUT2D eigenvalue weighted by Gasteiger charge is -2.28. The molecule has 4 aromatic heterocycles. The number of aryl methyl sites for hydroxylation is 12. The number of carbonyl (C=O) groups excluding carboxylic acids is 4. The van der Waals surface area contributed by atoms with Crippen molar-refractivity contribution in [1.82, 2.24) is 19.9 Å². The highest BCUT2D eigenvalue weighted by molar-refractivity contribution is 6.46. The monoisotopic (exact) mass is 1720 g/mol. The van der Waals surface area contributed by atoms with Crippen molar-refractivity contribution in [3.05, 3.63) is 330 Å². The highest BCUT2D eigenvalue weighted by Crippen LogP contribution is 2.62. The average molecular weight is 1720 g/mol. The first-order valence-electron chi connectivity index (χ1n) is 44.0. The van der Waals surface area contributed by atoms with E-state index in [4.69, 9.17) is 38.9 Å². The number of carbonyl (C=O) groups is 4. The van der Waals surface area contributed by atoms with Crippen LogP contribution in [0.5, 0.6) is 69.0 Å². The maximum absolute atomic E-state index is 15.2. The van der Waals surface area contributed by atoms with E-state index in [0.717, 1.165) is 131 Å². The van der Waals surface area contributed by atoms with Gasteiger partial charge in [-0.1, -0.05) is 162 Å². The van der Waals surface area contributed by atoms with Gasteiger partial charge < -0.3 is 39.4 Å². The second-order valence-electron chi connectivity index (χ2n) is 36.3. The Kier molecular flexibility index (Phi) is 16.1. The van der Waals surface area contributed by atoms with Crippen LogP contribution >= 0.6 is 0 Å². The molecule has 0 saturated carbocycles. The molecular formula is C116H76N4O12. The summed E-state index contributed by atoms with van der Waals surface area (Å²) in [6, 6.07) is 69.9. The summed E-state index contributed by atoms with van der Waals surface area (Å²) in [6.07, 6.45) is 0. The second kappa shape index (κ2) is 27.4. The van der Waals surface area contributed by atoms with Crippen molar-refractivity contribution < 1.29 is 58.6 Å². The van der Waals surface area contributed by atoms with Crippen LogP contribution in [0.25, 0.3) is 175 Å². The van der Waals surface area contributed by atoms with Crippen LogP contribution in [-0.4, -0.2) is 63.5 Å². The molecule has 4 heterocycles. The molecule has 26 rings (SSSR count). The fraction of sp³-hybridized carbons (Fsp3) is 0.103. The number of benzene rings is 18. The summed E-state index contributed by atoms with van der Waals surface area (Å²) >= 11 is 0. The minimum absolute atomic E-state index is 0.110. The Morgan fingerprint density at radius 1 is 0.205 bits per heavy atom. The predicted molar refractivity (Wildman–Crippen MR) is 522 cm³/mol. The Labute approximate surface area is 753 Å². The summed E-state index contributed by atoms with van der Waals surface area (Å²) < 4.78 is 28.5. The molecule has 0 saturated heterocycles. The predicted octanol–water partition coefficient (Wildman–Crippen LogP) is 28.2. The number of fused-ring (bicyclic) bond motifs is 16. The van der Waals surface area contributed by atoms with Gasteiger partial charge in [-0.15, -0.1) is 0 Å². The Morgan fingerprint density at radius 3 is 0.667 bits per heavy atom. The molecule has 16 nitrogen and oxygen atoms in total. The molecule has 4 aliphatic carbocycles. The van der Waals surface area contributed by atoms with Crippen LogP contribution in [0.2, 0.25) is 0 Å². The van der Waals surface area contributed by atoms with Gasteiger partial charge >= 0.3 is 0 Å². The van der Waals surface area contributed by atoms with E-state index >= 15 is 14.4 Å². The highest BCUT2D eigenvalue weighted by Gasteiger charge is 2.42. The molecule has 4 N–H and O–H groups in total. The van der Waals surface area contributed by atoms with E-state index < -0.39 is 0 Å². The molecule has 0 unspecified atom stereocenters. The van der Waals surface area contributed by atoms with Gasteiger partial charge in [-0.05, 0) is 228 Å². The van der Waals surface area contributed by atoms with Gasteiger partial charge in [0.05, 0.1) is 67.1 Å². The Balaban J connectivity index is 0.000000142. The van der Waals surface area contributed by atoms with E-state index in [-0.39, 0.29) is 68.4 Å². The summed E-state index contributed by atoms with van der Waals surface area (Å²) in [5, 5.41) is 61.7. The third-order valence-corrected chi connectivity index (χ3v) is 27.9. The number of pyridine rings is 4. The summed E-state index contributed by atoms with van der Waals surface area (Å²) in [5.41, 5.74) is 19.9. The standard InChI is InChI=1S/2C58H38N2O6/c1-25-13-19-39-35(21-25)54(62)49-51(59-39)33-17-15-31-45-41(65-57-27(3)9-7-10-28(57)4)23-37-44-34(53(61)50-52(37)60-40-20-14-26(2)22-36(40)55(50)63)18-16-32(48(44)45)46-42(24-38(56(49)64)43(33)47(31)46)66-58-29(5)11-8-12-30(58)6;1-25-13-19-39-35(21-25)53(61)49-51(59-39)33-17-15-31-46-42(66-58-29(5)11-8-12-30(58)6)24-38-44-34(52-50(56(38)64)54(62)36-22-26(2)14-20-40(36)60-52)18-16-32(48(44)46)45-41(23-37(55(49)63)43(33)47(31)45)65-57-27(3)9-7-10-28(57)4/h7-24H,1-6H3,(H,59,62)(H,60,63);7-24H,1-6H3,(H,59,61)(H,60,62). The van der Waals surface area contributed by atoms with Gasteiger partial charge in [-0.25, -0.2) is 19.9 Å². The van der Waals surface area contributed by atoms with E-state index in [1.54, 1.807) is 0 Å². The number of para-hydroxylation sites is 4. The molecule has 632 valence electrons. The first-order valence-corrected chi connectivity index (χ1v) is 44.0. The summed E-state index contributed by atoms with van der Waals surface area (Å²) in [7, 11) is 0. The van der Waals surface area contributed by atoms with E-state index in [1.165, 1.54) is 0 Å². The zero-order valence-corrected chi connectivity index (χ0v) is 73.6. The van der Waals surface area contributed by atoms with Crippen molar-refractivity contribution in [2.45, 2.75) is 83.1 Å². The zero-order valence-electron chi connectivity index (χ0n) is 73.6. The molecular weight excluding hydrogens is 1640 g/mol. The molecule has 22 aromatic rings. The Morgan fingerprint density at radius 2 is 0.417 bits per heavy atom. The fourth-order valence-electron chi connectivity index (χ4n) is 21.8. The number of hydrogen-bond acceptors (Lipinski definition) is 16. The molecule has 0 fully saturated rings. The van der Waals surface area contributed by atoms with Crippen LogP contribution in [0.1, 0.15) is 130 Å². The molecule has 0 aliphatic heterocycles. The minimum Gasteiger partial charge on any atom is -0.506 e. The number of ether oxygens (including phenoxy) is 4. The topological polar surface area (TPSA) is 238 Å². The van der Waals surface area contributed by atoms with Crippen molar-refractivity contribution in [2.24, 2.45) is 0 Å². The first-order chi connectivity index (χ1) is 63.7. The van der Waals surface area contributed by atoms with Crippen LogP contribution < -0.4 is 18.9 Å². The SMILES string of the molecule is Cc1ccc2nc3c(c(O)c2c1)C(=O)c1cc(Oc2c(C)cccc2C)c2c4ccc5c6c(cc(Oc7c(C)cccc7C)c(c7ccc-3c1c72)c64)-c1nc2ccc(C)cc2c(O)c1C5=O.Cc1ccc2nc3c(c(O)c2c1)C(=O)c1cc(Oc2c(C)cccc2C)c2c4ccc5c6c(cc(Oc7c(C)cccc7C)c(c7ccc-3c1c72)c64)C(=O)c1c-5nc2ccc(C)cc2c1O. The molecule has 0 amide bonds. The third kappa shape index (κ3) is 10.6. The maximum atomic E-state index is 15.2. The zero-order chi connectivity index (χ0) is 90.4. The lowest BCUT2D eigenvalue weighted by atomic mass is 9.77. The number of nitrogens with zero attached hydrogens (tertiary/aromatic N) is 4. The van der Waals surface area contributed by atoms with Gasteiger partial charge in [0.1, 0.15) is 69.0 Å². The van der Waals surface area contributed by atoms with Crippen LogP contribution in [0.15, 0.2) is 218 Å². The summed E-state index contributed by atoms with van der Waals surface area (Å²) in [5.74, 6) is 2.65. The molecule has 16 heteroatoms. The van der Waals surface area contributed by atoms with Crippen molar-refractivity contribution >= 4 is 153 Å². The van der Waals surface area contributed by atoms with Crippen molar-refractivity contribution in [3.63, 3.8) is 0 Å². The number of aromatic nitrogens is 4. The van der Waals surface area contributed by atoms with Crippen molar-refractivity contribution in [2.75, 3.05) is 0 Å². The lowest BCUT2D eigenvalue weighted by Crippen LogP contribution is -2.14. The normalized spacial score (nSPS) is 12.9. The van der Waals surface area contributed by atoms with Gasteiger partial charge in [-0.3, -0.25) is 19.2 Å². The molecule has 4 aliphatic rings. The molecule has 0 radical (unpaired) electrons. The number of ketones is 4. The third-order valence-electron chi connectivity index (χ3n) is 27.9. The minimum atomic E-state index is -0.362. The smallest absolute Gasteiger partial charge is 0.199 e. The molecule has 0 atom stereocenters. The number of hydrogen-bond donors (Lipinski definition) is 4. The van der Waals surface area contributed by atoms with E-state index in [2.05, 4.69) is 0 Å². The maximum Gasteiger partial charge on any atom is 0.199 e. The van der Waals surface area contributed by atoms with E-state index in [0.29, 0.717) is 178 Å². The van der Waals surface area contributed by atoms with Crippen molar-refractivity contribution in [1.29, 1.82) is 0 Å². The summed E-state index contributed by atoms with van der Waals surface area (Å²) in [6.45, 7) is 23.8. The quantitative estimate of drug-likeness (QED) is 0.0817. The van der Waals surface area contributed by atoms with E-state index in [1.807, 2.05) is 301 Å². The van der Waals surface area contributed by atoms with Gasteiger partial charge in [0.25, 0.3) is 0 Å². The lowest BCUT2D eigenvalue weighted by molar-refractivity contribution is 0.102. The Hall–Kier alpha value is -16.7. The van der Waals surface area contributed by atoms with Gasteiger partial charge in [0.2, 0.25) is 0 Å². The van der Waals surface area contributed by atoms with Crippen LogP contribution in [0.4, 0.5) is 0 Å².